The van der Waals surface area contributed by atoms with Crippen LogP contribution >= 0.6 is 11.3 Å². The summed E-state index contributed by atoms with van der Waals surface area (Å²) < 4.78 is 14.6. The molecule has 2 aromatic rings. The van der Waals surface area contributed by atoms with Crippen LogP contribution in [0, 0.1) is 0 Å². The quantitative estimate of drug-likeness (QED) is 0.812. The maximum Gasteiger partial charge on any atom is 0.211 e. The number of nitrogens with one attached hydrogen (secondary N) is 2. The zero-order chi connectivity index (χ0) is 12.1. The highest BCUT2D eigenvalue weighted by Gasteiger charge is 2.05. The summed E-state index contributed by atoms with van der Waals surface area (Å²) in [4.78, 5) is 14.8. The number of thiazole rings is 1. The molecule has 0 spiro atoms. The number of anilines is 2. The van der Waals surface area contributed by atoms with Gasteiger partial charge < -0.3 is 5.32 Å². The minimum absolute atomic E-state index is 0.597. The van der Waals surface area contributed by atoms with E-state index in [2.05, 4.69) is 15.0 Å². The Labute approximate surface area is 104 Å². The number of rotatable bonds is 5. The van der Waals surface area contributed by atoms with Crippen LogP contribution in [0.1, 0.15) is 0 Å². The Morgan fingerprint density at radius 1 is 1.29 bits per heavy atom. The maximum atomic E-state index is 11.9. The summed E-state index contributed by atoms with van der Waals surface area (Å²) in [6.45, 7) is 0. The van der Waals surface area contributed by atoms with Crippen molar-refractivity contribution in [2.24, 2.45) is 0 Å². The molecule has 1 aromatic carbocycles. The van der Waals surface area contributed by atoms with Crippen LogP contribution < -0.4 is 10.0 Å². The molecule has 1 amide bonds. The molecule has 0 fully saturated rings. The van der Waals surface area contributed by atoms with E-state index in [1.54, 1.807) is 35.8 Å². The van der Waals surface area contributed by atoms with Crippen LogP contribution in [0.4, 0.5) is 10.8 Å². The largest absolute Gasteiger partial charge is 0.329 e. The lowest BCUT2D eigenvalue weighted by molar-refractivity contribution is -0.105. The first-order chi connectivity index (χ1) is 8.29. The fraction of sp³-hybridized carbons (Fsp3) is 0. The standard InChI is InChI=1S/C10H9N3O2S2/c14-7-12-8-1-3-9(4-2-8)17(15)13-10-11-5-6-16-10/h1-7H,(H,11,13)(H,12,14). The fourth-order valence-corrected chi connectivity index (χ4v) is 2.66. The van der Waals surface area contributed by atoms with Gasteiger partial charge in [0.05, 0.1) is 4.90 Å². The average molecular weight is 267 g/mol. The van der Waals surface area contributed by atoms with Crippen molar-refractivity contribution in [3.8, 4) is 0 Å². The van der Waals surface area contributed by atoms with Gasteiger partial charge in [-0.1, -0.05) is 0 Å². The fourth-order valence-electron chi connectivity index (χ4n) is 1.15. The Hall–Kier alpha value is -1.73. The zero-order valence-electron chi connectivity index (χ0n) is 8.62. The summed E-state index contributed by atoms with van der Waals surface area (Å²) >= 11 is 1.38. The van der Waals surface area contributed by atoms with E-state index in [4.69, 9.17) is 0 Å². The van der Waals surface area contributed by atoms with E-state index in [1.807, 2.05) is 0 Å². The third-order valence-corrected chi connectivity index (χ3v) is 3.80. The molecule has 0 aliphatic heterocycles. The van der Waals surface area contributed by atoms with Gasteiger partial charge in [-0.2, -0.15) is 0 Å². The molecular weight excluding hydrogens is 258 g/mol. The second kappa shape index (κ2) is 5.55. The lowest BCUT2D eigenvalue weighted by Crippen LogP contribution is -2.04. The van der Waals surface area contributed by atoms with Gasteiger partial charge in [-0.15, -0.1) is 11.3 Å². The minimum Gasteiger partial charge on any atom is -0.329 e. The first-order valence-electron chi connectivity index (χ1n) is 4.68. The van der Waals surface area contributed by atoms with Crippen LogP contribution in [-0.4, -0.2) is 15.6 Å². The maximum absolute atomic E-state index is 11.9. The second-order valence-corrected chi connectivity index (χ2v) is 5.10. The van der Waals surface area contributed by atoms with Gasteiger partial charge >= 0.3 is 0 Å². The highest BCUT2D eigenvalue weighted by Crippen LogP contribution is 2.16. The van der Waals surface area contributed by atoms with Crippen molar-refractivity contribution in [1.82, 2.24) is 4.98 Å². The lowest BCUT2D eigenvalue weighted by atomic mass is 10.3. The first kappa shape index (κ1) is 11.7. The molecular formula is C10H9N3O2S2. The molecule has 1 heterocycles. The topological polar surface area (TPSA) is 71.1 Å². The Balaban J connectivity index is 2.06. The first-order valence-corrected chi connectivity index (χ1v) is 6.71. The van der Waals surface area contributed by atoms with Gasteiger partial charge in [0, 0.05) is 17.3 Å². The Morgan fingerprint density at radius 3 is 2.65 bits per heavy atom. The van der Waals surface area contributed by atoms with Crippen LogP contribution in [0.5, 0.6) is 0 Å². The van der Waals surface area contributed by atoms with Gasteiger partial charge in [-0.05, 0) is 24.3 Å². The molecule has 5 nitrogen and oxygen atoms in total. The molecule has 88 valence electrons. The molecule has 17 heavy (non-hydrogen) atoms. The molecule has 1 unspecified atom stereocenters. The zero-order valence-corrected chi connectivity index (χ0v) is 10.3. The number of benzene rings is 1. The molecule has 0 bridgehead atoms. The van der Waals surface area contributed by atoms with E-state index in [9.17, 15) is 9.00 Å². The Bertz CT molecular complexity index is 511. The molecule has 0 saturated heterocycles. The van der Waals surface area contributed by atoms with Crippen molar-refractivity contribution < 1.29 is 9.00 Å². The molecule has 2 rings (SSSR count). The van der Waals surface area contributed by atoms with E-state index in [0.29, 0.717) is 22.1 Å². The minimum atomic E-state index is -1.34. The SMILES string of the molecule is O=CNc1ccc(S(=O)Nc2nccs2)cc1. The number of hydrogen-bond donors (Lipinski definition) is 2. The Kier molecular flexibility index (Phi) is 3.84. The summed E-state index contributed by atoms with van der Waals surface area (Å²) in [7, 11) is -1.34. The molecule has 1 atom stereocenters. The van der Waals surface area contributed by atoms with Gasteiger partial charge in [0.25, 0.3) is 0 Å². The number of carbonyl (C=O) groups is 1. The smallest absolute Gasteiger partial charge is 0.211 e. The molecule has 1 aromatic heterocycles. The summed E-state index contributed by atoms with van der Waals surface area (Å²) in [5.41, 5.74) is 0.662. The van der Waals surface area contributed by atoms with Crippen molar-refractivity contribution in [2.75, 3.05) is 10.0 Å². The van der Waals surface area contributed by atoms with Crippen molar-refractivity contribution in [3.05, 3.63) is 35.8 Å². The third kappa shape index (κ3) is 3.11. The predicted octanol–water partition coefficient (Wildman–Crippen LogP) is 1.85. The monoisotopic (exact) mass is 267 g/mol. The second-order valence-electron chi connectivity index (χ2n) is 2.99. The normalized spacial score (nSPS) is 11.8. The lowest BCUT2D eigenvalue weighted by Gasteiger charge is -2.03. The molecule has 2 N–H and O–H groups in total. The van der Waals surface area contributed by atoms with E-state index >= 15 is 0 Å². The molecule has 0 saturated carbocycles. The molecule has 7 heteroatoms. The highest BCUT2D eigenvalue weighted by molar-refractivity contribution is 7.86. The summed E-state index contributed by atoms with van der Waals surface area (Å²) in [6.07, 6.45) is 2.24. The molecule has 0 aliphatic carbocycles. The van der Waals surface area contributed by atoms with Gasteiger partial charge in [-0.25, -0.2) is 9.19 Å². The van der Waals surface area contributed by atoms with Crippen LogP contribution in [0.3, 0.4) is 0 Å². The van der Waals surface area contributed by atoms with E-state index in [0.717, 1.165) is 0 Å². The summed E-state index contributed by atoms with van der Waals surface area (Å²) in [5.74, 6) is 0. The number of amides is 1. The average Bonchev–Trinajstić information content (AvgIpc) is 2.83. The number of nitrogens with zero attached hydrogens (tertiary/aromatic N) is 1. The van der Waals surface area contributed by atoms with Gasteiger partial charge in [0.2, 0.25) is 6.41 Å². The van der Waals surface area contributed by atoms with Crippen LogP contribution in [0.15, 0.2) is 40.7 Å². The number of aromatic nitrogens is 1. The molecule has 0 radical (unpaired) electrons. The number of hydrogen-bond acceptors (Lipinski definition) is 4. The van der Waals surface area contributed by atoms with Crippen LogP contribution in [0.25, 0.3) is 0 Å². The highest BCUT2D eigenvalue weighted by atomic mass is 32.2. The summed E-state index contributed by atoms with van der Waals surface area (Å²) in [6, 6.07) is 6.74. The predicted molar refractivity (Wildman–Crippen MR) is 68.3 cm³/mol. The van der Waals surface area contributed by atoms with E-state index in [-0.39, 0.29) is 0 Å². The van der Waals surface area contributed by atoms with Crippen LogP contribution in [-0.2, 0) is 15.8 Å². The van der Waals surface area contributed by atoms with Crippen molar-refractivity contribution >= 4 is 39.6 Å². The summed E-state index contributed by atoms with van der Waals surface area (Å²) in [5, 5.41) is 4.92. The Morgan fingerprint density at radius 2 is 2.06 bits per heavy atom. The van der Waals surface area contributed by atoms with Crippen LogP contribution in [0.2, 0.25) is 0 Å². The third-order valence-electron chi connectivity index (χ3n) is 1.91. The van der Waals surface area contributed by atoms with Crippen molar-refractivity contribution in [1.29, 1.82) is 0 Å². The number of carbonyl (C=O) groups excluding carboxylic acids is 1. The van der Waals surface area contributed by atoms with Crippen molar-refractivity contribution in [2.45, 2.75) is 4.90 Å². The van der Waals surface area contributed by atoms with Gasteiger partial charge in [0.1, 0.15) is 0 Å². The molecule has 0 aliphatic rings. The van der Waals surface area contributed by atoms with Crippen molar-refractivity contribution in [3.63, 3.8) is 0 Å². The van der Waals surface area contributed by atoms with E-state index in [1.165, 1.54) is 11.3 Å². The van der Waals surface area contributed by atoms with Gasteiger partial charge in [0.15, 0.2) is 16.1 Å². The van der Waals surface area contributed by atoms with Gasteiger partial charge in [-0.3, -0.25) is 9.52 Å². The van der Waals surface area contributed by atoms with E-state index < -0.39 is 11.0 Å².